The molecule has 0 bridgehead atoms. The molecule has 0 saturated carbocycles. The van der Waals surface area contributed by atoms with Crippen molar-refractivity contribution in [2.45, 2.75) is 6.04 Å². The van der Waals surface area contributed by atoms with Crippen LogP contribution in [0.25, 0.3) is 0 Å². The Morgan fingerprint density at radius 1 is 1.50 bits per heavy atom. The molecule has 0 amide bonds. The average molecular weight is 192 g/mol. The van der Waals surface area contributed by atoms with E-state index < -0.39 is 18.5 Å². The largest absolute Gasteiger partial charge is 0.322 e. The van der Waals surface area contributed by atoms with E-state index in [-0.39, 0.29) is 10.6 Å². The molecule has 0 aliphatic rings. The first-order valence-corrected chi connectivity index (χ1v) is 3.79. The highest BCUT2D eigenvalue weighted by Gasteiger charge is 2.10. The molecule has 0 aromatic heterocycles. The topological polar surface area (TPSA) is 26.0 Å². The first-order chi connectivity index (χ1) is 5.65. The second-order valence-corrected chi connectivity index (χ2v) is 2.86. The molecule has 12 heavy (non-hydrogen) atoms. The van der Waals surface area contributed by atoms with Crippen LogP contribution < -0.4 is 5.73 Å². The number of hydrogen-bond acceptors (Lipinski definition) is 1. The molecule has 2 N–H and O–H groups in total. The van der Waals surface area contributed by atoms with Gasteiger partial charge in [-0.3, -0.25) is 0 Å². The minimum Gasteiger partial charge on any atom is -0.322 e. The maximum Gasteiger partial charge on any atom is 0.129 e. The molecule has 0 heterocycles. The fourth-order valence-corrected chi connectivity index (χ4v) is 1.04. The molecule has 1 unspecified atom stereocenters. The van der Waals surface area contributed by atoms with Crippen molar-refractivity contribution < 1.29 is 8.78 Å². The average Bonchev–Trinajstić information content (AvgIpc) is 2.03. The zero-order chi connectivity index (χ0) is 9.14. The van der Waals surface area contributed by atoms with Crippen molar-refractivity contribution in [3.63, 3.8) is 0 Å². The Morgan fingerprint density at radius 2 is 2.17 bits per heavy atom. The maximum atomic E-state index is 13.0. The summed E-state index contributed by atoms with van der Waals surface area (Å²) in [5, 5.41) is 0.280. The Hall–Kier alpha value is -0.670. The van der Waals surface area contributed by atoms with Gasteiger partial charge in [-0.25, -0.2) is 8.78 Å². The van der Waals surface area contributed by atoms with Crippen molar-refractivity contribution in [3.05, 3.63) is 34.6 Å². The summed E-state index contributed by atoms with van der Waals surface area (Å²) in [5.41, 5.74) is 5.44. The van der Waals surface area contributed by atoms with Crippen LogP contribution in [-0.2, 0) is 0 Å². The fourth-order valence-electron chi connectivity index (χ4n) is 0.885. The molecule has 0 spiro atoms. The zero-order valence-corrected chi connectivity index (χ0v) is 6.98. The van der Waals surface area contributed by atoms with Crippen LogP contribution in [0, 0.1) is 5.82 Å². The zero-order valence-electron chi connectivity index (χ0n) is 6.23. The molecule has 4 heteroatoms. The van der Waals surface area contributed by atoms with Gasteiger partial charge in [-0.15, -0.1) is 0 Å². The van der Waals surface area contributed by atoms with Gasteiger partial charge in [0.1, 0.15) is 12.5 Å². The van der Waals surface area contributed by atoms with Crippen LogP contribution in [-0.4, -0.2) is 6.67 Å². The van der Waals surface area contributed by atoms with Crippen molar-refractivity contribution in [2.75, 3.05) is 6.67 Å². The van der Waals surface area contributed by atoms with Gasteiger partial charge >= 0.3 is 0 Å². The number of alkyl halides is 1. The van der Waals surface area contributed by atoms with Gasteiger partial charge in [-0.1, -0.05) is 17.7 Å². The summed E-state index contributed by atoms with van der Waals surface area (Å²) in [6.45, 7) is -0.779. The lowest BCUT2D eigenvalue weighted by molar-refractivity contribution is 0.427. The summed E-state index contributed by atoms with van der Waals surface area (Å²) in [5.74, 6) is -0.562. The molecular weight excluding hydrogens is 184 g/mol. The lowest BCUT2D eigenvalue weighted by Gasteiger charge is -2.07. The summed E-state index contributed by atoms with van der Waals surface area (Å²) in [6.07, 6.45) is 0. The van der Waals surface area contributed by atoms with Gasteiger partial charge in [0.15, 0.2) is 0 Å². The van der Waals surface area contributed by atoms with Crippen molar-refractivity contribution in [2.24, 2.45) is 5.73 Å². The Balaban J connectivity index is 3.01. The molecule has 0 radical (unpaired) electrons. The number of rotatable bonds is 2. The molecule has 1 aromatic carbocycles. The van der Waals surface area contributed by atoms with Gasteiger partial charge in [0.2, 0.25) is 0 Å². The standard InChI is InChI=1S/C8H8ClF2N/c9-5-1-2-6(7(11)3-5)8(12)4-10/h1-3,8H,4,12H2. The summed E-state index contributed by atoms with van der Waals surface area (Å²) < 4.78 is 25.0. The van der Waals surface area contributed by atoms with Gasteiger partial charge in [-0.05, 0) is 12.1 Å². The lowest BCUT2D eigenvalue weighted by atomic mass is 10.1. The van der Waals surface area contributed by atoms with Gasteiger partial charge in [0.05, 0.1) is 6.04 Å². The van der Waals surface area contributed by atoms with Gasteiger partial charge in [0.25, 0.3) is 0 Å². The second kappa shape index (κ2) is 3.83. The first kappa shape index (κ1) is 9.42. The molecule has 66 valence electrons. The second-order valence-electron chi connectivity index (χ2n) is 2.43. The normalized spacial score (nSPS) is 13.0. The van der Waals surface area contributed by atoms with E-state index in [2.05, 4.69) is 0 Å². The first-order valence-electron chi connectivity index (χ1n) is 3.41. The van der Waals surface area contributed by atoms with E-state index in [9.17, 15) is 8.78 Å². The molecule has 0 fully saturated rings. The summed E-state index contributed by atoms with van der Waals surface area (Å²) in [6, 6.07) is 3.09. The number of benzene rings is 1. The minimum atomic E-state index is -0.901. The molecule has 0 aliphatic carbocycles. The Kier molecular flexibility index (Phi) is 3.00. The minimum absolute atomic E-state index is 0.155. The molecule has 1 nitrogen and oxygen atoms in total. The molecule has 0 aliphatic heterocycles. The summed E-state index contributed by atoms with van der Waals surface area (Å²) in [7, 11) is 0. The highest BCUT2D eigenvalue weighted by Crippen LogP contribution is 2.19. The highest BCUT2D eigenvalue weighted by atomic mass is 35.5. The van der Waals surface area contributed by atoms with Crippen LogP contribution in [0.4, 0.5) is 8.78 Å². The quantitative estimate of drug-likeness (QED) is 0.764. The third-order valence-corrected chi connectivity index (χ3v) is 1.76. The smallest absolute Gasteiger partial charge is 0.129 e. The molecule has 0 saturated heterocycles. The molecule has 1 atom stereocenters. The molecule has 1 aromatic rings. The van der Waals surface area contributed by atoms with E-state index in [1.807, 2.05) is 0 Å². The monoisotopic (exact) mass is 191 g/mol. The summed E-state index contributed by atoms with van der Waals surface area (Å²) >= 11 is 5.49. The lowest BCUT2D eigenvalue weighted by Crippen LogP contribution is -2.13. The van der Waals surface area contributed by atoms with Crippen LogP contribution in [0.5, 0.6) is 0 Å². The SMILES string of the molecule is NC(CF)c1ccc(Cl)cc1F. The van der Waals surface area contributed by atoms with Crippen molar-refractivity contribution >= 4 is 11.6 Å². The van der Waals surface area contributed by atoms with Gasteiger partial charge in [-0.2, -0.15) is 0 Å². The number of halogens is 3. The predicted octanol–water partition coefficient (Wildman–Crippen LogP) is 2.45. The van der Waals surface area contributed by atoms with Gasteiger partial charge < -0.3 is 5.73 Å². The summed E-state index contributed by atoms with van der Waals surface area (Å²) in [4.78, 5) is 0. The Labute approximate surface area is 74.1 Å². The fraction of sp³-hybridized carbons (Fsp3) is 0.250. The Bertz CT molecular complexity index is 278. The van der Waals surface area contributed by atoms with Crippen molar-refractivity contribution in [1.82, 2.24) is 0 Å². The van der Waals surface area contributed by atoms with E-state index in [1.54, 1.807) is 0 Å². The van der Waals surface area contributed by atoms with E-state index >= 15 is 0 Å². The van der Waals surface area contributed by atoms with Gasteiger partial charge in [0, 0.05) is 10.6 Å². The van der Waals surface area contributed by atoms with Crippen LogP contribution in [0.15, 0.2) is 18.2 Å². The Morgan fingerprint density at radius 3 is 2.67 bits per heavy atom. The molecule has 1 rings (SSSR count). The van der Waals surface area contributed by atoms with E-state index in [4.69, 9.17) is 17.3 Å². The van der Waals surface area contributed by atoms with Crippen LogP contribution in [0.3, 0.4) is 0 Å². The highest BCUT2D eigenvalue weighted by molar-refractivity contribution is 6.30. The number of hydrogen-bond donors (Lipinski definition) is 1. The van der Waals surface area contributed by atoms with E-state index in [0.717, 1.165) is 6.07 Å². The third kappa shape index (κ3) is 1.93. The number of nitrogens with two attached hydrogens (primary N) is 1. The van der Waals surface area contributed by atoms with Crippen LogP contribution in [0.2, 0.25) is 5.02 Å². The van der Waals surface area contributed by atoms with Crippen molar-refractivity contribution in [1.29, 1.82) is 0 Å². The van der Waals surface area contributed by atoms with Crippen molar-refractivity contribution in [3.8, 4) is 0 Å². The van der Waals surface area contributed by atoms with E-state index in [1.165, 1.54) is 12.1 Å². The van der Waals surface area contributed by atoms with Crippen LogP contribution >= 0.6 is 11.6 Å². The predicted molar refractivity (Wildman–Crippen MR) is 44.3 cm³/mol. The van der Waals surface area contributed by atoms with Crippen LogP contribution in [0.1, 0.15) is 11.6 Å². The van der Waals surface area contributed by atoms with E-state index in [0.29, 0.717) is 0 Å². The third-order valence-electron chi connectivity index (χ3n) is 1.53. The maximum absolute atomic E-state index is 13.0. The molecular formula is C8H8ClF2N.